The van der Waals surface area contributed by atoms with Crippen molar-refractivity contribution in [2.75, 3.05) is 14.1 Å². The number of benzene rings is 2. The zero-order valence-electron chi connectivity index (χ0n) is 25.8. The molecule has 214 valence electrons. The van der Waals surface area contributed by atoms with E-state index in [0.29, 0.717) is 0 Å². The Morgan fingerprint density at radius 3 is 2.52 bits per heavy atom. The van der Waals surface area contributed by atoms with E-state index in [2.05, 4.69) is 130 Å². The fourth-order valence-electron chi connectivity index (χ4n) is 7.12. The third-order valence-electron chi connectivity index (χ3n) is 9.23. The maximum Gasteiger partial charge on any atom is 0.0372 e. The molecule has 3 aromatic carbocycles. The van der Waals surface area contributed by atoms with Gasteiger partial charge in [-0.2, -0.15) is 0 Å². The Labute approximate surface area is 254 Å². The minimum absolute atomic E-state index is 0.0238. The number of hydrogen-bond acceptors (Lipinski definition) is 1. The fraction of sp³-hybridized carbons (Fsp3) is 0.317. The van der Waals surface area contributed by atoms with Crippen LogP contribution < -0.4 is 0 Å². The van der Waals surface area contributed by atoms with E-state index in [9.17, 15) is 0 Å². The van der Waals surface area contributed by atoms with Gasteiger partial charge in [0.15, 0.2) is 0 Å². The SMILES string of the molecule is C=C/C=C\C(=C)C(/C=C\c1cc2ccccc2c2c1C1(CCCCCCC1)c1ccc#cc1-2)/C=C/C=C(\CC)N(C)C. The first kappa shape index (κ1) is 29.5. The van der Waals surface area contributed by atoms with Crippen LogP contribution in [-0.2, 0) is 5.41 Å². The number of fused-ring (bicyclic) bond motifs is 7. The number of allylic oxidation sites excluding steroid dienone is 9. The third kappa shape index (κ3) is 5.82. The van der Waals surface area contributed by atoms with Crippen LogP contribution in [0.25, 0.3) is 28.0 Å². The van der Waals surface area contributed by atoms with Gasteiger partial charge in [-0.3, -0.25) is 0 Å². The maximum atomic E-state index is 4.44. The molecule has 2 aliphatic carbocycles. The lowest BCUT2D eigenvalue weighted by molar-refractivity contribution is 0.373. The molecule has 0 bridgehead atoms. The zero-order chi connectivity index (χ0) is 29.5. The number of hydrogen-bond donors (Lipinski definition) is 0. The summed E-state index contributed by atoms with van der Waals surface area (Å²) >= 11 is 0. The van der Waals surface area contributed by atoms with Gasteiger partial charge in [-0.05, 0) is 76.6 Å². The Morgan fingerprint density at radius 1 is 1.02 bits per heavy atom. The number of rotatable bonds is 9. The van der Waals surface area contributed by atoms with Gasteiger partial charge in [0.05, 0.1) is 0 Å². The van der Waals surface area contributed by atoms with Crippen molar-refractivity contribution in [2.45, 2.75) is 63.7 Å². The summed E-state index contributed by atoms with van der Waals surface area (Å²) < 4.78 is 0. The van der Waals surface area contributed by atoms with Crippen LogP contribution in [-0.4, -0.2) is 19.0 Å². The molecule has 1 fully saturated rings. The van der Waals surface area contributed by atoms with Crippen molar-refractivity contribution in [3.63, 3.8) is 0 Å². The minimum atomic E-state index is 0.0238. The molecular weight excluding hydrogens is 506 g/mol. The van der Waals surface area contributed by atoms with Crippen LogP contribution >= 0.6 is 0 Å². The molecule has 0 aliphatic heterocycles. The van der Waals surface area contributed by atoms with E-state index in [4.69, 9.17) is 0 Å². The predicted octanol–water partition coefficient (Wildman–Crippen LogP) is 10.8. The van der Waals surface area contributed by atoms with Crippen LogP contribution in [0.15, 0.2) is 109 Å². The lowest BCUT2D eigenvalue weighted by Crippen LogP contribution is -2.27. The Morgan fingerprint density at radius 2 is 1.79 bits per heavy atom. The van der Waals surface area contributed by atoms with Gasteiger partial charge in [0.25, 0.3) is 0 Å². The van der Waals surface area contributed by atoms with E-state index >= 15 is 0 Å². The molecule has 5 rings (SSSR count). The highest BCUT2D eigenvalue weighted by molar-refractivity contribution is 6.04. The van der Waals surface area contributed by atoms with Crippen molar-refractivity contribution < 1.29 is 0 Å². The Bertz CT molecular complexity index is 1550. The van der Waals surface area contributed by atoms with Gasteiger partial charge in [0.1, 0.15) is 0 Å². The third-order valence-corrected chi connectivity index (χ3v) is 9.23. The highest BCUT2D eigenvalue weighted by atomic mass is 15.1. The molecule has 1 unspecified atom stereocenters. The summed E-state index contributed by atoms with van der Waals surface area (Å²) in [6.07, 6.45) is 27.1. The van der Waals surface area contributed by atoms with E-state index in [0.717, 1.165) is 12.0 Å². The average molecular weight is 552 g/mol. The lowest BCUT2D eigenvalue weighted by atomic mass is 9.68. The summed E-state index contributed by atoms with van der Waals surface area (Å²) in [5.74, 6) is 0.0665. The Kier molecular flexibility index (Phi) is 9.34. The standard InChI is InChI=1S/C41H45N/c1-6-8-19-31(3)32(21-18-22-35(7-2)42(4)5)26-27-34-30-33-20-12-13-23-36(33)39-37-24-14-15-25-38(37)41(40(34)39)28-16-10-9-11-17-29-41/h6,8,12-13,15,18-23,25-27,30,32H,1,3,7,9-11,16-17,28-29H2,2,4-5H3/b19-8-,21-18+,27-26-,35-22+. The first-order chi connectivity index (χ1) is 20.5. The second-order valence-electron chi connectivity index (χ2n) is 12.0. The monoisotopic (exact) mass is 551 g/mol. The zero-order valence-corrected chi connectivity index (χ0v) is 25.8. The van der Waals surface area contributed by atoms with Crippen LogP contribution in [0.2, 0.25) is 0 Å². The molecule has 0 N–H and O–H groups in total. The molecule has 3 aromatic rings. The van der Waals surface area contributed by atoms with Gasteiger partial charge in [-0.25, -0.2) is 0 Å². The second-order valence-corrected chi connectivity index (χ2v) is 12.0. The minimum Gasteiger partial charge on any atom is -0.381 e. The van der Waals surface area contributed by atoms with Crippen molar-refractivity contribution in [3.05, 3.63) is 138 Å². The van der Waals surface area contributed by atoms with Crippen molar-refractivity contribution in [2.24, 2.45) is 5.92 Å². The molecule has 0 saturated heterocycles. The molecule has 1 heteroatoms. The summed E-state index contributed by atoms with van der Waals surface area (Å²) in [7, 11) is 4.20. The largest absolute Gasteiger partial charge is 0.381 e. The van der Waals surface area contributed by atoms with Crippen molar-refractivity contribution in [3.8, 4) is 11.1 Å². The first-order valence-electron chi connectivity index (χ1n) is 15.7. The smallest absolute Gasteiger partial charge is 0.0372 e. The van der Waals surface area contributed by atoms with Gasteiger partial charge in [0, 0.05) is 42.3 Å². The maximum absolute atomic E-state index is 4.44. The summed E-state index contributed by atoms with van der Waals surface area (Å²) in [6, 6.07) is 22.6. The highest BCUT2D eigenvalue weighted by Crippen LogP contribution is 2.57. The van der Waals surface area contributed by atoms with E-state index < -0.39 is 0 Å². The molecule has 1 saturated carbocycles. The van der Waals surface area contributed by atoms with Crippen LogP contribution in [0.1, 0.15) is 75.0 Å². The molecule has 1 nitrogen and oxygen atoms in total. The molecule has 0 radical (unpaired) electrons. The van der Waals surface area contributed by atoms with Gasteiger partial charge < -0.3 is 4.90 Å². The molecule has 2 aliphatic rings. The summed E-state index contributed by atoms with van der Waals surface area (Å²) in [5.41, 5.74) is 9.28. The summed E-state index contributed by atoms with van der Waals surface area (Å²) in [5, 5.41) is 2.61. The van der Waals surface area contributed by atoms with Crippen LogP contribution in [0.3, 0.4) is 0 Å². The fourth-order valence-corrected chi connectivity index (χ4v) is 7.12. The van der Waals surface area contributed by atoms with E-state index in [-0.39, 0.29) is 11.3 Å². The topological polar surface area (TPSA) is 3.24 Å². The van der Waals surface area contributed by atoms with Crippen LogP contribution in [0, 0.1) is 18.1 Å². The van der Waals surface area contributed by atoms with Gasteiger partial charge in [-0.1, -0.05) is 131 Å². The molecule has 1 spiro atoms. The summed E-state index contributed by atoms with van der Waals surface area (Å²) in [6.45, 7) is 10.5. The van der Waals surface area contributed by atoms with Crippen molar-refractivity contribution in [1.82, 2.24) is 4.90 Å². The van der Waals surface area contributed by atoms with Gasteiger partial charge in [0.2, 0.25) is 0 Å². The van der Waals surface area contributed by atoms with E-state index in [1.165, 1.54) is 89.2 Å². The van der Waals surface area contributed by atoms with Crippen LogP contribution in [0.4, 0.5) is 0 Å². The normalized spacial score (nSPS) is 17.3. The number of nitrogens with zero attached hydrogens (tertiary/aromatic N) is 1. The van der Waals surface area contributed by atoms with Crippen molar-refractivity contribution >= 4 is 16.8 Å². The lowest BCUT2D eigenvalue weighted by Gasteiger charge is -2.35. The highest BCUT2D eigenvalue weighted by Gasteiger charge is 2.44. The van der Waals surface area contributed by atoms with Crippen molar-refractivity contribution in [1.29, 1.82) is 0 Å². The van der Waals surface area contributed by atoms with Gasteiger partial charge in [-0.15, -0.1) is 0 Å². The molecular formula is C41H45N. The molecule has 0 aromatic heterocycles. The van der Waals surface area contributed by atoms with Gasteiger partial charge >= 0.3 is 0 Å². The quantitative estimate of drug-likeness (QED) is 0.239. The Balaban J connectivity index is 1.68. The molecule has 1 atom stereocenters. The molecule has 42 heavy (non-hydrogen) atoms. The Hall–Kier alpha value is -4.02. The molecule has 0 heterocycles. The molecule has 0 amide bonds. The summed E-state index contributed by atoms with van der Waals surface area (Å²) in [4.78, 5) is 2.18. The second kappa shape index (κ2) is 13.3. The van der Waals surface area contributed by atoms with E-state index in [1.807, 2.05) is 12.2 Å². The van der Waals surface area contributed by atoms with Crippen LogP contribution in [0.5, 0.6) is 0 Å². The van der Waals surface area contributed by atoms with E-state index in [1.54, 1.807) is 0 Å². The first-order valence-corrected chi connectivity index (χ1v) is 15.7. The predicted molar refractivity (Wildman–Crippen MR) is 182 cm³/mol. The average Bonchev–Trinajstić information content (AvgIpc) is 3.28.